The maximum absolute atomic E-state index is 12.8. The van der Waals surface area contributed by atoms with Gasteiger partial charge in [0, 0.05) is 0 Å². The zero-order valence-electron chi connectivity index (χ0n) is 13.7. The van der Waals surface area contributed by atoms with Crippen LogP contribution < -0.4 is 4.46 Å². The van der Waals surface area contributed by atoms with Crippen LogP contribution >= 0.6 is 0 Å². The van der Waals surface area contributed by atoms with Crippen LogP contribution in [0.25, 0.3) is 0 Å². The molecule has 2 aromatic rings. The summed E-state index contributed by atoms with van der Waals surface area (Å²) in [5.41, 5.74) is 0.988. The normalized spacial score (nSPS) is 20.0. The molecule has 3 rings (SSSR count). The molecule has 0 bridgehead atoms. The molecule has 0 aromatic heterocycles. The van der Waals surface area contributed by atoms with Gasteiger partial charge in [0.2, 0.25) is 0 Å². The first-order valence-electron chi connectivity index (χ1n) is 8.09. The molecule has 1 unspecified atom stereocenters. The van der Waals surface area contributed by atoms with E-state index >= 15 is 0 Å². The van der Waals surface area contributed by atoms with Crippen molar-refractivity contribution in [2.75, 3.05) is 0 Å². The molecular weight excluding hydrogens is 349 g/mol. The first-order chi connectivity index (χ1) is 11.1. The van der Waals surface area contributed by atoms with Crippen LogP contribution in [-0.4, -0.2) is 31.8 Å². The van der Waals surface area contributed by atoms with Crippen molar-refractivity contribution in [3.63, 3.8) is 0 Å². The molecule has 1 aliphatic rings. The van der Waals surface area contributed by atoms with E-state index in [1.54, 1.807) is 0 Å². The van der Waals surface area contributed by atoms with E-state index in [4.69, 9.17) is 0 Å². The Morgan fingerprint density at radius 1 is 1.04 bits per heavy atom. The van der Waals surface area contributed by atoms with Gasteiger partial charge in [0.15, 0.2) is 0 Å². The molecule has 1 saturated heterocycles. The van der Waals surface area contributed by atoms with Crippen LogP contribution in [0.2, 0.25) is 5.32 Å². The summed E-state index contributed by atoms with van der Waals surface area (Å²) in [6.07, 6.45) is 0.966. The van der Waals surface area contributed by atoms with Crippen molar-refractivity contribution in [3.8, 4) is 0 Å². The SMILES string of the molecule is CC1(C)CC(C[Se]c2ccccc2)N(Cc2ccccc2)C1=O. The van der Waals surface area contributed by atoms with Gasteiger partial charge in [-0.05, 0) is 0 Å². The number of hydrogen-bond donors (Lipinski definition) is 0. The number of carbonyl (C=O) groups is 1. The van der Waals surface area contributed by atoms with Gasteiger partial charge in [-0.15, -0.1) is 0 Å². The van der Waals surface area contributed by atoms with Crippen molar-refractivity contribution >= 4 is 25.3 Å². The monoisotopic (exact) mass is 373 g/mol. The van der Waals surface area contributed by atoms with Crippen LogP contribution in [-0.2, 0) is 11.3 Å². The molecule has 0 radical (unpaired) electrons. The van der Waals surface area contributed by atoms with Crippen molar-refractivity contribution in [1.29, 1.82) is 0 Å². The third-order valence-corrected chi connectivity index (χ3v) is 6.84. The Kier molecular flexibility index (Phi) is 4.89. The van der Waals surface area contributed by atoms with Gasteiger partial charge in [-0.2, -0.15) is 0 Å². The van der Waals surface area contributed by atoms with Crippen LogP contribution in [0.3, 0.4) is 0 Å². The van der Waals surface area contributed by atoms with Crippen LogP contribution in [0.5, 0.6) is 0 Å². The fraction of sp³-hybridized carbons (Fsp3) is 0.350. The standard InChI is InChI=1S/C20H23NOSe/c1-20(2)13-17(15-23-18-11-7-4-8-12-18)21(19(20)22)14-16-9-5-3-6-10-16/h3-12,17H,13-15H2,1-2H3. The van der Waals surface area contributed by atoms with Crippen molar-refractivity contribution in [2.24, 2.45) is 5.41 Å². The van der Waals surface area contributed by atoms with E-state index in [2.05, 4.69) is 61.2 Å². The molecule has 0 aliphatic carbocycles. The molecule has 1 atom stereocenters. The third kappa shape index (κ3) is 3.85. The van der Waals surface area contributed by atoms with Crippen LogP contribution in [0.4, 0.5) is 0 Å². The van der Waals surface area contributed by atoms with Crippen LogP contribution in [0, 0.1) is 5.41 Å². The van der Waals surface area contributed by atoms with E-state index in [-0.39, 0.29) is 5.41 Å². The maximum atomic E-state index is 12.8. The van der Waals surface area contributed by atoms with Gasteiger partial charge in [-0.3, -0.25) is 0 Å². The molecule has 1 amide bonds. The second kappa shape index (κ2) is 6.90. The molecule has 1 fully saturated rings. The molecule has 2 nitrogen and oxygen atoms in total. The summed E-state index contributed by atoms with van der Waals surface area (Å²) >= 11 is 0.418. The molecule has 2 aromatic carbocycles. The van der Waals surface area contributed by atoms with E-state index in [1.165, 1.54) is 10.0 Å². The van der Waals surface area contributed by atoms with E-state index in [1.807, 2.05) is 18.2 Å². The first-order valence-corrected chi connectivity index (χ1v) is 10.2. The number of carbonyl (C=O) groups excluding carboxylic acids is 1. The molecule has 0 spiro atoms. The number of rotatable bonds is 5. The van der Waals surface area contributed by atoms with E-state index in [0.717, 1.165) is 18.3 Å². The molecular formula is C20H23NOSe. The Morgan fingerprint density at radius 2 is 1.65 bits per heavy atom. The predicted molar refractivity (Wildman–Crippen MR) is 95.8 cm³/mol. The quantitative estimate of drug-likeness (QED) is 0.738. The summed E-state index contributed by atoms with van der Waals surface area (Å²) in [5, 5.41) is 1.10. The molecule has 120 valence electrons. The zero-order valence-corrected chi connectivity index (χ0v) is 15.4. The van der Waals surface area contributed by atoms with Gasteiger partial charge in [0.05, 0.1) is 0 Å². The van der Waals surface area contributed by atoms with E-state index in [9.17, 15) is 4.79 Å². The van der Waals surface area contributed by atoms with Crippen molar-refractivity contribution in [3.05, 3.63) is 66.2 Å². The van der Waals surface area contributed by atoms with Crippen LogP contribution in [0.1, 0.15) is 25.8 Å². The van der Waals surface area contributed by atoms with Crippen molar-refractivity contribution in [1.82, 2.24) is 4.90 Å². The fourth-order valence-electron chi connectivity index (χ4n) is 3.18. The fourth-order valence-corrected chi connectivity index (χ4v) is 5.35. The van der Waals surface area contributed by atoms with Gasteiger partial charge < -0.3 is 0 Å². The molecule has 3 heteroatoms. The summed E-state index contributed by atoms with van der Waals surface area (Å²) < 4.78 is 1.41. The number of nitrogens with zero attached hydrogens (tertiary/aromatic N) is 1. The Bertz CT molecular complexity index is 654. The van der Waals surface area contributed by atoms with Crippen LogP contribution in [0.15, 0.2) is 60.7 Å². The number of amides is 1. The summed E-state index contributed by atoms with van der Waals surface area (Å²) in [7, 11) is 0. The molecule has 23 heavy (non-hydrogen) atoms. The van der Waals surface area contributed by atoms with Gasteiger partial charge >= 0.3 is 145 Å². The average Bonchev–Trinajstić information content (AvgIpc) is 2.78. The van der Waals surface area contributed by atoms with Gasteiger partial charge in [-0.1, -0.05) is 0 Å². The minimum atomic E-state index is -0.230. The van der Waals surface area contributed by atoms with Gasteiger partial charge in [0.1, 0.15) is 0 Å². The summed E-state index contributed by atoms with van der Waals surface area (Å²) in [6.45, 7) is 4.91. The Labute approximate surface area is 145 Å². The number of hydrogen-bond acceptors (Lipinski definition) is 1. The van der Waals surface area contributed by atoms with Gasteiger partial charge in [-0.25, -0.2) is 0 Å². The zero-order chi connectivity index (χ0) is 16.3. The third-order valence-electron chi connectivity index (χ3n) is 4.41. The minimum absolute atomic E-state index is 0.230. The number of likely N-dealkylation sites (tertiary alicyclic amines) is 1. The molecule has 1 heterocycles. The van der Waals surface area contributed by atoms with Crippen molar-refractivity contribution < 1.29 is 4.79 Å². The molecule has 0 saturated carbocycles. The first kappa shape index (κ1) is 16.3. The second-order valence-corrected chi connectivity index (χ2v) is 9.08. The summed E-state index contributed by atoms with van der Waals surface area (Å²) in [5.74, 6) is 0.301. The Balaban J connectivity index is 1.72. The molecule has 1 aliphatic heterocycles. The summed E-state index contributed by atoms with van der Waals surface area (Å²) in [6, 6.07) is 21.3. The van der Waals surface area contributed by atoms with Crippen molar-refractivity contribution in [2.45, 2.75) is 38.2 Å². The topological polar surface area (TPSA) is 20.3 Å². The van der Waals surface area contributed by atoms with Gasteiger partial charge in [0.25, 0.3) is 0 Å². The van der Waals surface area contributed by atoms with E-state index in [0.29, 0.717) is 26.9 Å². The van der Waals surface area contributed by atoms with E-state index < -0.39 is 0 Å². The Hall–Kier alpha value is -1.57. The average molecular weight is 372 g/mol. The molecule has 0 N–H and O–H groups in total. The number of benzene rings is 2. The summed E-state index contributed by atoms with van der Waals surface area (Å²) in [4.78, 5) is 14.9. The predicted octanol–water partition coefficient (Wildman–Crippen LogP) is 3.26. The second-order valence-electron chi connectivity index (χ2n) is 6.78. The Morgan fingerprint density at radius 3 is 2.30 bits per heavy atom.